The molecule has 2 fully saturated rings. The molecule has 2 aliphatic heterocycles. The Morgan fingerprint density at radius 2 is 1.73 bits per heavy atom. The van der Waals surface area contributed by atoms with E-state index >= 15 is 0 Å². The van der Waals surface area contributed by atoms with Crippen LogP contribution in [0, 0.1) is 5.92 Å². The van der Waals surface area contributed by atoms with Crippen LogP contribution < -0.4 is 4.72 Å². The van der Waals surface area contributed by atoms with Crippen molar-refractivity contribution in [3.63, 3.8) is 0 Å². The van der Waals surface area contributed by atoms with Gasteiger partial charge in [0, 0.05) is 24.7 Å². The Balaban J connectivity index is 1.77. The first-order valence-corrected chi connectivity index (χ1v) is 12.0. The number of halogens is 2. The van der Waals surface area contributed by atoms with Crippen molar-refractivity contribution in [2.45, 2.75) is 50.5 Å². The van der Waals surface area contributed by atoms with Crippen LogP contribution in [-0.2, 0) is 11.0 Å². The molecule has 0 saturated carbocycles. The Bertz CT molecular complexity index is 819. The van der Waals surface area contributed by atoms with Crippen LogP contribution in [0.3, 0.4) is 0 Å². The summed E-state index contributed by atoms with van der Waals surface area (Å²) in [6.45, 7) is 7.51. The lowest BCUT2D eigenvalue weighted by Gasteiger charge is -2.42. The standard InChI is InChI=1S/C20H29Cl2N3O4S/c1-20(2,3)30(29)23-18(14-8-15(21)16(22)9-17(14)27)12-4-6-24(7-5-12)19(28)25-10-13(26)11-25/h8-9,12-13,18,23,26-27H,4-7,10-11H2,1-3H3/t18-,30?/m1/s1. The molecule has 168 valence electrons. The first-order chi connectivity index (χ1) is 14.0. The number of nitrogens with zero attached hydrogens (tertiary/aromatic N) is 2. The number of piperidine rings is 1. The second-order valence-corrected chi connectivity index (χ2v) is 11.8. The van der Waals surface area contributed by atoms with Crippen molar-refractivity contribution in [1.82, 2.24) is 14.5 Å². The highest BCUT2D eigenvalue weighted by molar-refractivity contribution is 7.84. The third-order valence-corrected chi connectivity index (χ3v) is 7.91. The minimum absolute atomic E-state index is 0.000817. The Hall–Kier alpha value is -1.06. The lowest BCUT2D eigenvalue weighted by molar-refractivity contribution is 0.0113. The van der Waals surface area contributed by atoms with E-state index in [0.717, 1.165) is 0 Å². The molecule has 0 bridgehead atoms. The zero-order valence-electron chi connectivity index (χ0n) is 17.4. The van der Waals surface area contributed by atoms with Crippen molar-refractivity contribution in [2.24, 2.45) is 5.92 Å². The summed E-state index contributed by atoms with van der Waals surface area (Å²) in [5, 5.41) is 20.5. The van der Waals surface area contributed by atoms with Gasteiger partial charge in [-0.1, -0.05) is 23.2 Å². The van der Waals surface area contributed by atoms with Crippen LogP contribution in [0.4, 0.5) is 4.79 Å². The fraction of sp³-hybridized carbons (Fsp3) is 0.650. The van der Waals surface area contributed by atoms with Gasteiger partial charge < -0.3 is 20.0 Å². The number of β-amino-alcohol motifs (C(OH)–C–C–N with tert-alkyl or cyclic N) is 1. The van der Waals surface area contributed by atoms with Gasteiger partial charge in [0.05, 0.1) is 51.0 Å². The van der Waals surface area contributed by atoms with Crippen LogP contribution in [0.2, 0.25) is 10.0 Å². The first kappa shape index (κ1) is 23.6. The van der Waals surface area contributed by atoms with E-state index in [1.165, 1.54) is 6.07 Å². The molecule has 1 aromatic rings. The zero-order valence-corrected chi connectivity index (χ0v) is 19.7. The quantitative estimate of drug-likeness (QED) is 0.619. The third-order valence-electron chi connectivity index (χ3n) is 5.61. The monoisotopic (exact) mass is 477 g/mol. The molecule has 0 aromatic heterocycles. The number of phenolic OH excluding ortho intramolecular Hbond substituents is 1. The number of carbonyl (C=O) groups excluding carboxylic acids is 1. The van der Waals surface area contributed by atoms with Crippen LogP contribution in [-0.4, -0.2) is 67.3 Å². The lowest BCUT2D eigenvalue weighted by atomic mass is 9.85. The van der Waals surface area contributed by atoms with Gasteiger partial charge in [0.2, 0.25) is 0 Å². The third kappa shape index (κ3) is 5.22. The van der Waals surface area contributed by atoms with Crippen molar-refractivity contribution >= 4 is 40.2 Å². The van der Waals surface area contributed by atoms with E-state index < -0.39 is 27.9 Å². The van der Waals surface area contributed by atoms with Crippen LogP contribution in [0.25, 0.3) is 0 Å². The van der Waals surface area contributed by atoms with E-state index in [4.69, 9.17) is 23.2 Å². The van der Waals surface area contributed by atoms with Gasteiger partial charge in [0.15, 0.2) is 0 Å². The van der Waals surface area contributed by atoms with Crippen LogP contribution in [0.15, 0.2) is 12.1 Å². The number of nitrogens with one attached hydrogen (secondary N) is 1. The topological polar surface area (TPSA) is 93.1 Å². The number of benzene rings is 1. The molecular weight excluding hydrogens is 449 g/mol. The van der Waals surface area contributed by atoms with Crippen LogP contribution in [0.5, 0.6) is 5.75 Å². The second kappa shape index (κ2) is 9.20. The Morgan fingerprint density at radius 3 is 2.27 bits per heavy atom. The van der Waals surface area contributed by atoms with E-state index in [1.807, 2.05) is 20.8 Å². The van der Waals surface area contributed by atoms with Gasteiger partial charge in [-0.15, -0.1) is 0 Å². The molecule has 2 atom stereocenters. The fourth-order valence-corrected chi connectivity index (χ4v) is 4.98. The molecule has 1 unspecified atom stereocenters. The number of amides is 2. The highest BCUT2D eigenvalue weighted by Crippen LogP contribution is 2.40. The normalized spacial score (nSPS) is 20.7. The van der Waals surface area contributed by atoms with Crippen molar-refractivity contribution in [3.8, 4) is 5.75 Å². The average molecular weight is 478 g/mol. The molecule has 2 aliphatic rings. The predicted octanol–water partition coefficient (Wildman–Crippen LogP) is 3.30. The van der Waals surface area contributed by atoms with Gasteiger partial charge in [-0.3, -0.25) is 0 Å². The molecule has 0 spiro atoms. The van der Waals surface area contributed by atoms with Gasteiger partial charge in [-0.2, -0.15) is 0 Å². The van der Waals surface area contributed by atoms with Crippen LogP contribution in [0.1, 0.15) is 45.2 Å². The summed E-state index contributed by atoms with van der Waals surface area (Å²) in [6, 6.07) is 2.57. The number of hydrogen-bond acceptors (Lipinski definition) is 4. The largest absolute Gasteiger partial charge is 0.508 e. The maximum absolute atomic E-state index is 12.9. The van der Waals surface area contributed by atoms with Crippen molar-refractivity contribution < 1.29 is 19.2 Å². The van der Waals surface area contributed by atoms with E-state index in [9.17, 15) is 19.2 Å². The molecule has 2 amide bonds. The Morgan fingerprint density at radius 1 is 1.17 bits per heavy atom. The zero-order chi connectivity index (χ0) is 22.2. The molecular formula is C20H29Cl2N3O4S. The number of aliphatic hydroxyl groups excluding tert-OH is 1. The average Bonchev–Trinajstić information content (AvgIpc) is 2.65. The number of likely N-dealkylation sites (tertiary alicyclic amines) is 2. The van der Waals surface area contributed by atoms with Gasteiger partial charge in [-0.25, -0.2) is 13.7 Å². The summed E-state index contributed by atoms with van der Waals surface area (Å²) in [7, 11) is -1.36. The summed E-state index contributed by atoms with van der Waals surface area (Å²) in [5.74, 6) is 0.0476. The summed E-state index contributed by atoms with van der Waals surface area (Å²) in [6.07, 6.45) is 0.937. The number of rotatable bonds is 4. The maximum atomic E-state index is 12.9. The predicted molar refractivity (Wildman–Crippen MR) is 119 cm³/mol. The van der Waals surface area contributed by atoms with Gasteiger partial charge >= 0.3 is 6.03 Å². The van der Waals surface area contributed by atoms with Crippen molar-refractivity contribution in [3.05, 3.63) is 27.7 Å². The molecule has 30 heavy (non-hydrogen) atoms. The second-order valence-electron chi connectivity index (χ2n) is 8.97. The number of hydrogen-bond donors (Lipinski definition) is 3. The number of aromatic hydroxyl groups is 1. The number of aliphatic hydroxyl groups is 1. The smallest absolute Gasteiger partial charge is 0.320 e. The fourth-order valence-electron chi connectivity index (χ4n) is 3.74. The first-order valence-electron chi connectivity index (χ1n) is 10.0. The molecule has 2 heterocycles. The number of carbonyl (C=O) groups is 1. The number of urea groups is 1. The van der Waals surface area contributed by atoms with E-state index in [-0.39, 0.29) is 22.7 Å². The minimum Gasteiger partial charge on any atom is -0.508 e. The SMILES string of the molecule is CC(C)(C)S(=O)N[C@@H](c1cc(Cl)c(Cl)cc1O)C1CCN(C(=O)N2CC(O)C2)CC1. The van der Waals surface area contributed by atoms with Crippen molar-refractivity contribution in [1.29, 1.82) is 0 Å². The van der Waals surface area contributed by atoms with Gasteiger partial charge in [0.1, 0.15) is 5.75 Å². The number of phenols is 1. The van der Waals surface area contributed by atoms with E-state index in [2.05, 4.69) is 4.72 Å². The summed E-state index contributed by atoms with van der Waals surface area (Å²) < 4.78 is 15.6. The lowest BCUT2D eigenvalue weighted by Crippen LogP contribution is -2.58. The molecule has 3 rings (SSSR count). The Kier molecular flexibility index (Phi) is 7.24. The molecule has 7 nitrogen and oxygen atoms in total. The summed E-state index contributed by atoms with van der Waals surface area (Å²) >= 11 is 12.2. The van der Waals surface area contributed by atoms with Gasteiger partial charge in [0.25, 0.3) is 0 Å². The van der Waals surface area contributed by atoms with E-state index in [0.29, 0.717) is 49.6 Å². The van der Waals surface area contributed by atoms with E-state index in [1.54, 1.807) is 15.9 Å². The maximum Gasteiger partial charge on any atom is 0.320 e. The Labute approximate surface area is 189 Å². The highest BCUT2D eigenvalue weighted by atomic mass is 35.5. The summed E-state index contributed by atoms with van der Waals surface area (Å²) in [4.78, 5) is 15.9. The summed E-state index contributed by atoms with van der Waals surface area (Å²) in [5.41, 5.74) is 0.553. The molecule has 0 aliphatic carbocycles. The molecule has 1 aromatic carbocycles. The van der Waals surface area contributed by atoms with Crippen LogP contribution >= 0.6 is 23.2 Å². The molecule has 3 N–H and O–H groups in total. The molecule has 0 radical (unpaired) electrons. The highest BCUT2D eigenvalue weighted by Gasteiger charge is 2.37. The van der Waals surface area contributed by atoms with Crippen molar-refractivity contribution in [2.75, 3.05) is 26.2 Å². The van der Waals surface area contributed by atoms with Gasteiger partial charge in [-0.05, 0) is 45.6 Å². The molecule has 10 heteroatoms. The molecule has 2 saturated heterocycles. The minimum atomic E-state index is -1.36.